The second-order valence-electron chi connectivity index (χ2n) is 4.95. The summed E-state index contributed by atoms with van der Waals surface area (Å²) in [4.78, 5) is 4.85. The fraction of sp³-hybridized carbons (Fsp3) is 0.833. The molecule has 2 bridgehead atoms. The third-order valence-electron chi connectivity index (χ3n) is 3.94. The Bertz CT molecular complexity index is 285. The Kier molecular flexibility index (Phi) is 2.88. The summed E-state index contributed by atoms with van der Waals surface area (Å²) in [5.41, 5.74) is 0. The molecule has 3 saturated heterocycles. The van der Waals surface area contributed by atoms with Crippen molar-refractivity contribution in [3.05, 3.63) is 11.8 Å². The number of allylic oxidation sites excluding steroid dienone is 1. The van der Waals surface area contributed by atoms with Crippen molar-refractivity contribution in [1.82, 2.24) is 9.80 Å². The minimum absolute atomic E-state index is 0.242. The molecule has 4 heteroatoms. The molecule has 0 aromatic heterocycles. The number of ether oxygens (including phenoxy) is 1. The topological polar surface area (TPSA) is 35.9 Å². The molecule has 0 spiro atoms. The second kappa shape index (κ2) is 4.35. The predicted octanol–water partition coefficient (Wildman–Crippen LogP) is 0.0414. The van der Waals surface area contributed by atoms with Crippen LogP contribution in [-0.4, -0.2) is 66.4 Å². The minimum atomic E-state index is -0.427. The predicted molar refractivity (Wildman–Crippen MR) is 61.1 cm³/mol. The number of hydrogen-bond acceptors (Lipinski definition) is 4. The molecular formula is C12H20N2O2. The first-order valence-corrected chi connectivity index (χ1v) is 6.32. The van der Waals surface area contributed by atoms with E-state index in [2.05, 4.69) is 15.9 Å². The molecule has 4 aliphatic rings. The van der Waals surface area contributed by atoms with E-state index in [1.54, 1.807) is 0 Å². The average molecular weight is 224 g/mol. The van der Waals surface area contributed by atoms with Gasteiger partial charge in [0.2, 0.25) is 0 Å². The van der Waals surface area contributed by atoms with E-state index in [0.717, 1.165) is 57.9 Å². The minimum Gasteiger partial charge on any atom is -0.495 e. The van der Waals surface area contributed by atoms with Crippen molar-refractivity contribution in [2.24, 2.45) is 0 Å². The quantitative estimate of drug-likeness (QED) is 0.718. The molecule has 2 unspecified atom stereocenters. The van der Waals surface area contributed by atoms with Crippen molar-refractivity contribution in [2.45, 2.75) is 25.0 Å². The fourth-order valence-electron chi connectivity index (χ4n) is 2.93. The van der Waals surface area contributed by atoms with Crippen molar-refractivity contribution >= 4 is 0 Å². The zero-order chi connectivity index (χ0) is 11.0. The Balaban J connectivity index is 1.70. The number of piperazine rings is 3. The Morgan fingerprint density at radius 2 is 2.12 bits per heavy atom. The number of nitrogens with zero attached hydrogens (tertiary/aromatic N) is 2. The van der Waals surface area contributed by atoms with Crippen LogP contribution in [0.1, 0.15) is 12.8 Å². The summed E-state index contributed by atoms with van der Waals surface area (Å²) < 4.78 is 5.57. The Morgan fingerprint density at radius 1 is 1.31 bits per heavy atom. The van der Waals surface area contributed by atoms with Gasteiger partial charge >= 0.3 is 0 Å². The maximum atomic E-state index is 10.4. The normalized spacial score (nSPS) is 40.1. The lowest BCUT2D eigenvalue weighted by molar-refractivity contribution is -0.0520. The largest absolute Gasteiger partial charge is 0.495 e. The van der Waals surface area contributed by atoms with Crippen molar-refractivity contribution in [3.63, 3.8) is 0 Å². The van der Waals surface area contributed by atoms with Gasteiger partial charge in [-0.1, -0.05) is 0 Å². The average Bonchev–Trinajstić information content (AvgIpc) is 2.40. The van der Waals surface area contributed by atoms with E-state index in [9.17, 15) is 5.11 Å². The van der Waals surface area contributed by atoms with E-state index in [4.69, 9.17) is 4.74 Å². The molecular weight excluding hydrogens is 204 g/mol. The van der Waals surface area contributed by atoms with E-state index in [-0.39, 0.29) is 6.04 Å². The number of fused-ring (bicyclic) bond motifs is 3. The van der Waals surface area contributed by atoms with Gasteiger partial charge in [-0.15, -0.1) is 0 Å². The van der Waals surface area contributed by atoms with E-state index >= 15 is 0 Å². The van der Waals surface area contributed by atoms with Crippen LogP contribution in [0.15, 0.2) is 11.8 Å². The van der Waals surface area contributed by atoms with Crippen LogP contribution >= 0.6 is 0 Å². The number of hydrogen-bond donors (Lipinski definition) is 1. The van der Waals surface area contributed by atoms with Crippen LogP contribution in [0.5, 0.6) is 0 Å². The third-order valence-corrected chi connectivity index (χ3v) is 3.94. The summed E-state index contributed by atoms with van der Waals surface area (Å²) in [7, 11) is 0. The van der Waals surface area contributed by atoms with Gasteiger partial charge in [-0.25, -0.2) is 0 Å². The zero-order valence-corrected chi connectivity index (χ0v) is 9.64. The summed E-state index contributed by atoms with van der Waals surface area (Å²) in [6, 6.07) is 0.242. The van der Waals surface area contributed by atoms with Crippen LogP contribution in [0.2, 0.25) is 0 Å². The summed E-state index contributed by atoms with van der Waals surface area (Å²) in [5.74, 6) is 0.810. The van der Waals surface area contributed by atoms with Gasteiger partial charge in [-0.05, 0) is 18.9 Å². The molecule has 0 amide bonds. The van der Waals surface area contributed by atoms with Crippen LogP contribution in [-0.2, 0) is 4.74 Å². The lowest BCUT2D eigenvalue weighted by Gasteiger charge is -2.49. The molecule has 0 saturated carbocycles. The first-order chi connectivity index (χ1) is 7.84. The molecule has 16 heavy (non-hydrogen) atoms. The van der Waals surface area contributed by atoms with Gasteiger partial charge in [-0.2, -0.15) is 0 Å². The van der Waals surface area contributed by atoms with Gasteiger partial charge in [0.05, 0.1) is 12.6 Å². The van der Waals surface area contributed by atoms with Gasteiger partial charge in [0, 0.05) is 32.7 Å². The van der Waals surface area contributed by atoms with Gasteiger partial charge in [0.25, 0.3) is 0 Å². The van der Waals surface area contributed by atoms with Gasteiger partial charge in [0.1, 0.15) is 11.9 Å². The van der Waals surface area contributed by atoms with E-state index in [0.29, 0.717) is 0 Å². The molecule has 0 aromatic rings. The Hall–Kier alpha value is -0.580. The number of aliphatic hydroxyl groups excluding tert-OH is 1. The van der Waals surface area contributed by atoms with Crippen molar-refractivity contribution in [3.8, 4) is 0 Å². The molecule has 4 heterocycles. The zero-order valence-electron chi connectivity index (χ0n) is 9.64. The molecule has 2 atom stereocenters. The van der Waals surface area contributed by atoms with E-state index in [1.165, 1.54) is 0 Å². The molecule has 4 rings (SSSR count). The molecule has 0 aromatic carbocycles. The highest BCUT2D eigenvalue weighted by Gasteiger charge is 2.38. The van der Waals surface area contributed by atoms with Crippen molar-refractivity contribution in [2.75, 3.05) is 39.3 Å². The fourth-order valence-corrected chi connectivity index (χ4v) is 2.93. The first-order valence-electron chi connectivity index (χ1n) is 6.32. The Labute approximate surface area is 96.5 Å². The molecule has 0 radical (unpaired) electrons. The molecule has 4 nitrogen and oxygen atoms in total. The smallest absolute Gasteiger partial charge is 0.127 e. The SMILES string of the molecule is OC(C1=CCCCO1)C1CN2CCN1CC2. The highest BCUT2D eigenvalue weighted by Crippen LogP contribution is 2.24. The van der Waals surface area contributed by atoms with Crippen molar-refractivity contribution in [1.29, 1.82) is 0 Å². The van der Waals surface area contributed by atoms with Crippen LogP contribution in [0.4, 0.5) is 0 Å². The first kappa shape index (κ1) is 10.6. The van der Waals surface area contributed by atoms with E-state index < -0.39 is 6.10 Å². The lowest BCUT2D eigenvalue weighted by atomic mass is 9.99. The third kappa shape index (κ3) is 1.85. The maximum Gasteiger partial charge on any atom is 0.127 e. The van der Waals surface area contributed by atoms with Gasteiger partial charge in [-0.3, -0.25) is 9.80 Å². The molecule has 4 aliphatic heterocycles. The number of aliphatic hydroxyl groups is 1. The molecule has 3 fully saturated rings. The monoisotopic (exact) mass is 224 g/mol. The highest BCUT2D eigenvalue weighted by atomic mass is 16.5. The summed E-state index contributed by atoms with van der Waals surface area (Å²) in [6.07, 6.45) is 3.76. The molecule has 1 N–H and O–H groups in total. The van der Waals surface area contributed by atoms with Crippen molar-refractivity contribution < 1.29 is 9.84 Å². The summed E-state index contributed by atoms with van der Waals surface area (Å²) in [6.45, 7) is 6.25. The van der Waals surface area contributed by atoms with Crippen LogP contribution < -0.4 is 0 Å². The summed E-state index contributed by atoms with van der Waals surface area (Å²) in [5, 5.41) is 10.4. The standard InChI is InChI=1S/C12H20N2O2/c15-12(11-3-1-2-8-16-11)10-9-13-4-6-14(10)7-5-13/h3,10,12,15H,1-2,4-9H2. The maximum absolute atomic E-state index is 10.4. The Morgan fingerprint density at radius 3 is 2.69 bits per heavy atom. The lowest BCUT2D eigenvalue weighted by Crippen LogP contribution is -2.64. The second-order valence-corrected chi connectivity index (χ2v) is 4.95. The van der Waals surface area contributed by atoms with E-state index in [1.807, 2.05) is 0 Å². The van der Waals surface area contributed by atoms with Crippen LogP contribution in [0.3, 0.4) is 0 Å². The highest BCUT2D eigenvalue weighted by molar-refractivity contribution is 5.09. The van der Waals surface area contributed by atoms with Crippen LogP contribution in [0.25, 0.3) is 0 Å². The molecule has 0 aliphatic carbocycles. The number of rotatable bonds is 2. The van der Waals surface area contributed by atoms with Gasteiger partial charge in [0.15, 0.2) is 0 Å². The summed E-state index contributed by atoms with van der Waals surface area (Å²) >= 11 is 0. The van der Waals surface area contributed by atoms with Crippen LogP contribution in [0, 0.1) is 0 Å². The van der Waals surface area contributed by atoms with Gasteiger partial charge < -0.3 is 9.84 Å². The molecule has 90 valence electrons.